The van der Waals surface area contributed by atoms with Crippen molar-refractivity contribution in [2.45, 2.75) is 20.3 Å². The number of rotatable bonds is 2. The van der Waals surface area contributed by atoms with Crippen LogP contribution in [0.25, 0.3) is 22.0 Å². The van der Waals surface area contributed by atoms with Crippen LogP contribution in [-0.4, -0.2) is 4.98 Å². The smallest absolute Gasteiger partial charge is 0.0804 e. The number of aromatic nitrogens is 1. The number of aryl methyl sites for hydroxylation is 1. The van der Waals surface area contributed by atoms with Crippen LogP contribution >= 0.6 is 0 Å². The fourth-order valence-electron chi connectivity index (χ4n) is 2.65. The van der Waals surface area contributed by atoms with Crippen LogP contribution in [0.4, 0.5) is 5.69 Å². The Labute approximate surface area is 119 Å². The highest BCUT2D eigenvalue weighted by molar-refractivity contribution is 6.00. The molecule has 2 aromatic carbocycles. The molecule has 0 saturated heterocycles. The van der Waals surface area contributed by atoms with Gasteiger partial charge in [0.1, 0.15) is 0 Å². The van der Waals surface area contributed by atoms with Gasteiger partial charge in [-0.3, -0.25) is 4.98 Å². The quantitative estimate of drug-likeness (QED) is 0.745. The third-order valence-corrected chi connectivity index (χ3v) is 3.83. The lowest BCUT2D eigenvalue weighted by molar-refractivity contribution is 1.03. The van der Waals surface area contributed by atoms with E-state index in [0.29, 0.717) is 0 Å². The molecule has 0 saturated carbocycles. The lowest BCUT2D eigenvalue weighted by Gasteiger charge is -2.13. The molecule has 0 amide bonds. The van der Waals surface area contributed by atoms with Gasteiger partial charge in [-0.15, -0.1) is 0 Å². The Morgan fingerprint density at radius 3 is 2.45 bits per heavy atom. The van der Waals surface area contributed by atoms with E-state index in [9.17, 15) is 0 Å². The molecule has 0 spiro atoms. The van der Waals surface area contributed by atoms with Crippen molar-refractivity contribution in [1.82, 2.24) is 4.98 Å². The van der Waals surface area contributed by atoms with Gasteiger partial charge in [0.05, 0.1) is 5.52 Å². The van der Waals surface area contributed by atoms with Crippen LogP contribution in [0, 0.1) is 6.92 Å². The molecule has 3 aromatic rings. The Hall–Kier alpha value is -2.35. The van der Waals surface area contributed by atoms with Crippen LogP contribution in [0.1, 0.15) is 18.2 Å². The van der Waals surface area contributed by atoms with Crippen molar-refractivity contribution >= 4 is 16.6 Å². The van der Waals surface area contributed by atoms with Gasteiger partial charge in [-0.25, -0.2) is 0 Å². The van der Waals surface area contributed by atoms with E-state index in [0.717, 1.165) is 39.8 Å². The van der Waals surface area contributed by atoms with Crippen molar-refractivity contribution in [3.8, 4) is 11.1 Å². The molecule has 0 aliphatic rings. The molecule has 0 aliphatic carbocycles. The first kappa shape index (κ1) is 12.7. The van der Waals surface area contributed by atoms with Crippen LogP contribution < -0.4 is 5.73 Å². The van der Waals surface area contributed by atoms with Crippen LogP contribution in [0.3, 0.4) is 0 Å². The summed E-state index contributed by atoms with van der Waals surface area (Å²) in [5.41, 5.74) is 12.7. The van der Waals surface area contributed by atoms with E-state index in [2.05, 4.69) is 38.1 Å². The predicted octanol–water partition coefficient (Wildman–Crippen LogP) is 4.35. The van der Waals surface area contributed by atoms with E-state index in [1.54, 1.807) is 0 Å². The van der Waals surface area contributed by atoms with Crippen molar-refractivity contribution in [3.05, 3.63) is 59.8 Å². The van der Waals surface area contributed by atoms with Crippen LogP contribution in [0.2, 0.25) is 0 Å². The van der Waals surface area contributed by atoms with Crippen molar-refractivity contribution < 1.29 is 0 Å². The van der Waals surface area contributed by atoms with Gasteiger partial charge >= 0.3 is 0 Å². The van der Waals surface area contributed by atoms with E-state index in [1.807, 2.05) is 24.3 Å². The molecule has 0 bridgehead atoms. The molecule has 1 heterocycles. The zero-order chi connectivity index (χ0) is 14.1. The number of nitrogen functional groups attached to an aromatic ring is 1. The highest BCUT2D eigenvalue weighted by Crippen LogP contribution is 2.32. The van der Waals surface area contributed by atoms with Crippen molar-refractivity contribution in [3.63, 3.8) is 0 Å². The van der Waals surface area contributed by atoms with Gasteiger partial charge in [0.15, 0.2) is 0 Å². The molecular formula is C18H18N2. The molecule has 0 atom stereocenters. The lowest BCUT2D eigenvalue weighted by Crippen LogP contribution is -2.01. The Kier molecular flexibility index (Phi) is 3.15. The normalized spacial score (nSPS) is 10.9. The molecule has 1 aromatic heterocycles. The van der Waals surface area contributed by atoms with Gasteiger partial charge in [-0.1, -0.05) is 55.5 Å². The highest BCUT2D eigenvalue weighted by Gasteiger charge is 2.11. The third-order valence-electron chi connectivity index (χ3n) is 3.83. The van der Waals surface area contributed by atoms with Gasteiger partial charge < -0.3 is 5.73 Å². The molecule has 0 unspecified atom stereocenters. The van der Waals surface area contributed by atoms with E-state index in [4.69, 9.17) is 10.7 Å². The summed E-state index contributed by atoms with van der Waals surface area (Å²) in [6, 6.07) is 16.6. The molecule has 0 radical (unpaired) electrons. The average Bonchev–Trinajstić information content (AvgIpc) is 2.51. The molecule has 100 valence electrons. The topological polar surface area (TPSA) is 38.9 Å². The number of fused-ring (bicyclic) bond motifs is 1. The standard InChI is InChI=1S/C18H18N2/c1-3-16-12(2)17(19)15-11-7-10-14(18(15)20-16)13-8-5-4-6-9-13/h4-11H,3H2,1-2H3,(H2,19,20). The van der Waals surface area contributed by atoms with Crippen molar-refractivity contribution in [2.75, 3.05) is 5.73 Å². The Morgan fingerprint density at radius 2 is 1.75 bits per heavy atom. The Bertz CT molecular complexity index is 761. The summed E-state index contributed by atoms with van der Waals surface area (Å²) in [4.78, 5) is 4.85. The number of anilines is 1. The fraction of sp³-hybridized carbons (Fsp3) is 0.167. The maximum atomic E-state index is 6.30. The first-order valence-electron chi connectivity index (χ1n) is 6.95. The second-order valence-corrected chi connectivity index (χ2v) is 5.02. The molecular weight excluding hydrogens is 244 g/mol. The van der Waals surface area contributed by atoms with Crippen molar-refractivity contribution in [2.24, 2.45) is 0 Å². The Morgan fingerprint density at radius 1 is 1.00 bits per heavy atom. The Balaban J connectivity index is 2.38. The number of para-hydroxylation sites is 1. The first-order chi connectivity index (χ1) is 9.72. The number of hydrogen-bond acceptors (Lipinski definition) is 2. The number of hydrogen-bond donors (Lipinski definition) is 1. The van der Waals surface area contributed by atoms with E-state index >= 15 is 0 Å². The minimum Gasteiger partial charge on any atom is -0.398 e. The van der Waals surface area contributed by atoms with E-state index in [1.165, 1.54) is 5.56 Å². The molecule has 2 N–H and O–H groups in total. The molecule has 0 fully saturated rings. The maximum absolute atomic E-state index is 6.30. The minimum absolute atomic E-state index is 0.852. The minimum atomic E-state index is 0.852. The number of pyridine rings is 1. The second kappa shape index (κ2) is 4.97. The van der Waals surface area contributed by atoms with E-state index < -0.39 is 0 Å². The summed E-state index contributed by atoms with van der Waals surface area (Å²) in [5.74, 6) is 0. The van der Waals surface area contributed by atoms with Gasteiger partial charge in [0.25, 0.3) is 0 Å². The zero-order valence-corrected chi connectivity index (χ0v) is 11.9. The second-order valence-electron chi connectivity index (χ2n) is 5.02. The molecule has 20 heavy (non-hydrogen) atoms. The summed E-state index contributed by atoms with van der Waals surface area (Å²) in [6.07, 6.45) is 0.898. The fourth-order valence-corrected chi connectivity index (χ4v) is 2.65. The SMILES string of the molecule is CCc1nc2c(-c3ccccc3)cccc2c(N)c1C. The molecule has 3 rings (SSSR count). The number of nitrogens with two attached hydrogens (primary N) is 1. The largest absolute Gasteiger partial charge is 0.398 e. The van der Waals surface area contributed by atoms with Gasteiger partial charge in [-0.2, -0.15) is 0 Å². The third kappa shape index (κ3) is 1.94. The van der Waals surface area contributed by atoms with Crippen molar-refractivity contribution in [1.29, 1.82) is 0 Å². The highest BCUT2D eigenvalue weighted by atomic mass is 14.7. The summed E-state index contributed by atoms with van der Waals surface area (Å²) < 4.78 is 0. The molecule has 2 nitrogen and oxygen atoms in total. The summed E-state index contributed by atoms with van der Waals surface area (Å²) in [6.45, 7) is 4.17. The summed E-state index contributed by atoms with van der Waals surface area (Å²) in [5, 5.41) is 1.04. The maximum Gasteiger partial charge on any atom is 0.0804 e. The van der Waals surface area contributed by atoms with Crippen LogP contribution in [0.5, 0.6) is 0 Å². The first-order valence-corrected chi connectivity index (χ1v) is 6.95. The average molecular weight is 262 g/mol. The van der Waals surface area contributed by atoms with Gasteiger partial charge in [0, 0.05) is 22.3 Å². The number of nitrogens with zero attached hydrogens (tertiary/aromatic N) is 1. The lowest BCUT2D eigenvalue weighted by atomic mass is 9.99. The molecule has 2 heteroatoms. The van der Waals surface area contributed by atoms with E-state index in [-0.39, 0.29) is 0 Å². The summed E-state index contributed by atoms with van der Waals surface area (Å²) >= 11 is 0. The van der Waals surface area contributed by atoms with Crippen LogP contribution in [0.15, 0.2) is 48.5 Å². The van der Waals surface area contributed by atoms with Crippen LogP contribution in [-0.2, 0) is 6.42 Å². The summed E-state index contributed by atoms with van der Waals surface area (Å²) in [7, 11) is 0. The monoisotopic (exact) mass is 262 g/mol. The zero-order valence-electron chi connectivity index (χ0n) is 11.9. The number of benzene rings is 2. The molecule has 0 aliphatic heterocycles. The van der Waals surface area contributed by atoms with Gasteiger partial charge in [-0.05, 0) is 24.5 Å². The predicted molar refractivity (Wildman–Crippen MR) is 85.7 cm³/mol. The van der Waals surface area contributed by atoms with Gasteiger partial charge in [0.2, 0.25) is 0 Å².